The zero-order valence-electron chi connectivity index (χ0n) is 9.60. The van der Waals surface area contributed by atoms with Crippen molar-refractivity contribution in [2.75, 3.05) is 6.54 Å². The van der Waals surface area contributed by atoms with Gasteiger partial charge in [0.15, 0.2) is 5.65 Å². The number of hydrogen-bond donors (Lipinski definition) is 3. The van der Waals surface area contributed by atoms with E-state index in [1.165, 1.54) is 6.33 Å². The molecule has 0 spiro atoms. The molecule has 2 unspecified atom stereocenters. The van der Waals surface area contributed by atoms with Crippen LogP contribution in [0.1, 0.15) is 18.2 Å². The Kier molecular flexibility index (Phi) is 4.13. The van der Waals surface area contributed by atoms with Gasteiger partial charge in [-0.15, -0.1) is 0 Å². The third-order valence-corrected chi connectivity index (χ3v) is 2.87. The number of halogens is 1. The van der Waals surface area contributed by atoms with Crippen LogP contribution in [0, 0.1) is 0 Å². The van der Waals surface area contributed by atoms with Crippen LogP contribution in [0.3, 0.4) is 0 Å². The molecule has 2 rings (SSSR count). The normalized spacial score (nSPS) is 14.1. The standard InChI is InChI=1S/C9H10ClN7O2/c10-8-5-6(15-16-9(5)13-3-12-8)7(19)4(18)1-2-14-17-11/h3-4,7,18-19H,1-2H2,(H,12,13,15,16). The van der Waals surface area contributed by atoms with E-state index in [0.29, 0.717) is 11.0 Å². The predicted molar refractivity (Wildman–Crippen MR) is 66.3 cm³/mol. The van der Waals surface area contributed by atoms with E-state index in [2.05, 4.69) is 30.2 Å². The summed E-state index contributed by atoms with van der Waals surface area (Å²) >= 11 is 5.91. The minimum absolute atomic E-state index is 0.0744. The predicted octanol–water partition coefficient (Wildman–Crippen LogP) is 1.10. The van der Waals surface area contributed by atoms with Crippen LogP contribution in [0.2, 0.25) is 5.15 Å². The fourth-order valence-corrected chi connectivity index (χ4v) is 1.87. The molecule has 0 aliphatic heterocycles. The maximum absolute atomic E-state index is 10.0. The summed E-state index contributed by atoms with van der Waals surface area (Å²) in [6, 6.07) is 0. The third-order valence-electron chi connectivity index (χ3n) is 2.58. The average molecular weight is 284 g/mol. The van der Waals surface area contributed by atoms with Crippen molar-refractivity contribution in [3.05, 3.63) is 27.6 Å². The lowest BCUT2D eigenvalue weighted by Gasteiger charge is -2.15. The van der Waals surface area contributed by atoms with Gasteiger partial charge in [0.25, 0.3) is 0 Å². The molecule has 0 amide bonds. The number of rotatable bonds is 5. The zero-order valence-corrected chi connectivity index (χ0v) is 10.4. The number of aliphatic hydroxyl groups is 2. The van der Waals surface area contributed by atoms with Gasteiger partial charge in [-0.25, -0.2) is 9.97 Å². The smallest absolute Gasteiger partial charge is 0.185 e. The van der Waals surface area contributed by atoms with Crippen molar-refractivity contribution in [2.24, 2.45) is 5.11 Å². The maximum Gasteiger partial charge on any atom is 0.185 e. The van der Waals surface area contributed by atoms with Gasteiger partial charge in [0.05, 0.1) is 17.2 Å². The molecule has 100 valence electrons. The minimum atomic E-state index is -1.25. The Morgan fingerprint density at radius 2 is 2.26 bits per heavy atom. The number of nitrogens with one attached hydrogen (secondary N) is 1. The third kappa shape index (κ3) is 2.74. The van der Waals surface area contributed by atoms with E-state index in [0.717, 1.165) is 0 Å². The molecule has 0 saturated heterocycles. The molecule has 0 radical (unpaired) electrons. The Morgan fingerprint density at radius 1 is 1.47 bits per heavy atom. The molecule has 0 aliphatic carbocycles. The minimum Gasteiger partial charge on any atom is -0.390 e. The summed E-state index contributed by atoms with van der Waals surface area (Å²) in [5.41, 5.74) is 8.68. The van der Waals surface area contributed by atoms with E-state index in [1.807, 2.05) is 0 Å². The Labute approximate surface area is 111 Å². The van der Waals surface area contributed by atoms with Crippen LogP contribution >= 0.6 is 11.6 Å². The summed E-state index contributed by atoms with van der Waals surface area (Å²) in [6.07, 6.45) is -1.01. The fourth-order valence-electron chi connectivity index (χ4n) is 1.64. The number of azide groups is 1. The van der Waals surface area contributed by atoms with Crippen molar-refractivity contribution >= 4 is 22.6 Å². The van der Waals surface area contributed by atoms with Crippen LogP contribution in [0.15, 0.2) is 11.4 Å². The summed E-state index contributed by atoms with van der Waals surface area (Å²) in [6.45, 7) is 0.0744. The Balaban J connectivity index is 2.26. The van der Waals surface area contributed by atoms with Gasteiger partial charge in [-0.1, -0.05) is 16.7 Å². The van der Waals surface area contributed by atoms with E-state index >= 15 is 0 Å². The van der Waals surface area contributed by atoms with E-state index < -0.39 is 12.2 Å². The van der Waals surface area contributed by atoms with Gasteiger partial charge in [0, 0.05) is 11.5 Å². The van der Waals surface area contributed by atoms with Crippen LogP contribution in [-0.2, 0) is 0 Å². The Hall–Kier alpha value is -1.93. The molecule has 2 aromatic heterocycles. The van der Waals surface area contributed by atoms with E-state index in [1.54, 1.807) is 0 Å². The van der Waals surface area contributed by atoms with Crippen LogP contribution in [-0.4, -0.2) is 43.0 Å². The molecular weight excluding hydrogens is 274 g/mol. The van der Waals surface area contributed by atoms with Gasteiger partial charge in [0.1, 0.15) is 17.6 Å². The van der Waals surface area contributed by atoms with Gasteiger partial charge in [-0.2, -0.15) is 5.10 Å². The molecule has 0 bridgehead atoms. The summed E-state index contributed by atoms with van der Waals surface area (Å²) < 4.78 is 0. The Morgan fingerprint density at radius 3 is 3.00 bits per heavy atom. The van der Waals surface area contributed by atoms with Gasteiger partial charge in [-0.05, 0) is 12.0 Å². The molecule has 0 saturated carbocycles. The fraction of sp³-hybridized carbons (Fsp3) is 0.444. The van der Waals surface area contributed by atoms with E-state index in [-0.39, 0.29) is 23.8 Å². The molecule has 2 aromatic rings. The first-order valence-electron chi connectivity index (χ1n) is 5.36. The Bertz CT molecular complexity index is 624. The van der Waals surface area contributed by atoms with Crippen molar-refractivity contribution in [2.45, 2.75) is 18.6 Å². The van der Waals surface area contributed by atoms with Crippen LogP contribution in [0.25, 0.3) is 21.5 Å². The number of aliphatic hydroxyl groups excluding tert-OH is 2. The molecule has 2 atom stereocenters. The molecule has 0 aliphatic rings. The second kappa shape index (κ2) is 5.81. The zero-order chi connectivity index (χ0) is 13.8. The van der Waals surface area contributed by atoms with Gasteiger partial charge in [0.2, 0.25) is 0 Å². The largest absolute Gasteiger partial charge is 0.390 e. The highest BCUT2D eigenvalue weighted by molar-refractivity contribution is 6.34. The molecule has 9 nitrogen and oxygen atoms in total. The first-order valence-corrected chi connectivity index (χ1v) is 5.74. The summed E-state index contributed by atoms with van der Waals surface area (Å²) in [5.74, 6) is 0. The van der Waals surface area contributed by atoms with E-state index in [4.69, 9.17) is 17.1 Å². The number of nitrogens with zero attached hydrogens (tertiary/aromatic N) is 6. The van der Waals surface area contributed by atoms with Crippen molar-refractivity contribution in [3.8, 4) is 0 Å². The molecular formula is C9H10ClN7O2. The molecule has 19 heavy (non-hydrogen) atoms. The number of hydrogen-bond acceptors (Lipinski definition) is 6. The lowest BCUT2D eigenvalue weighted by molar-refractivity contribution is 0.0133. The van der Waals surface area contributed by atoms with Crippen LogP contribution in [0.4, 0.5) is 0 Å². The summed E-state index contributed by atoms with van der Waals surface area (Å²) in [4.78, 5) is 10.2. The number of H-pyrrole nitrogens is 1. The quantitative estimate of drug-likeness (QED) is 0.326. The van der Waals surface area contributed by atoms with E-state index in [9.17, 15) is 10.2 Å². The van der Waals surface area contributed by atoms with Crippen molar-refractivity contribution in [1.29, 1.82) is 0 Å². The van der Waals surface area contributed by atoms with Crippen molar-refractivity contribution in [1.82, 2.24) is 20.2 Å². The lowest BCUT2D eigenvalue weighted by Crippen LogP contribution is -2.19. The molecule has 2 heterocycles. The van der Waals surface area contributed by atoms with Gasteiger partial charge >= 0.3 is 0 Å². The molecule has 0 fully saturated rings. The maximum atomic E-state index is 10.0. The monoisotopic (exact) mass is 283 g/mol. The number of aromatic amines is 1. The SMILES string of the molecule is [N-]=[N+]=NCCC(O)C(O)c1[nH]nc2ncnc(Cl)c12. The second-order valence-electron chi connectivity index (χ2n) is 3.76. The molecule has 3 N–H and O–H groups in total. The number of fused-ring (bicyclic) bond motifs is 1. The number of aromatic nitrogens is 4. The lowest BCUT2D eigenvalue weighted by atomic mass is 10.1. The first-order chi connectivity index (χ1) is 9.15. The van der Waals surface area contributed by atoms with Crippen molar-refractivity contribution < 1.29 is 10.2 Å². The summed E-state index contributed by atoms with van der Waals surface area (Å²) in [5, 5.41) is 30.1. The van der Waals surface area contributed by atoms with Crippen LogP contribution < -0.4 is 0 Å². The second-order valence-corrected chi connectivity index (χ2v) is 4.11. The highest BCUT2D eigenvalue weighted by Gasteiger charge is 2.24. The average Bonchev–Trinajstić information content (AvgIpc) is 2.83. The topological polar surface area (TPSA) is 144 Å². The highest BCUT2D eigenvalue weighted by Crippen LogP contribution is 2.28. The van der Waals surface area contributed by atoms with Crippen molar-refractivity contribution in [3.63, 3.8) is 0 Å². The van der Waals surface area contributed by atoms with Gasteiger partial charge in [-0.3, -0.25) is 5.10 Å². The van der Waals surface area contributed by atoms with Crippen LogP contribution in [0.5, 0.6) is 0 Å². The first kappa shape index (κ1) is 13.5. The summed E-state index contributed by atoms with van der Waals surface area (Å²) in [7, 11) is 0. The molecule has 0 aromatic carbocycles. The highest BCUT2D eigenvalue weighted by atomic mass is 35.5. The van der Waals surface area contributed by atoms with Gasteiger partial charge < -0.3 is 10.2 Å². The molecule has 10 heteroatoms.